The molecule has 2 rings (SSSR count). The molecule has 0 aliphatic carbocycles. The lowest BCUT2D eigenvalue weighted by atomic mass is 10.1. The number of thioether (sulfide) groups is 1. The summed E-state index contributed by atoms with van der Waals surface area (Å²) in [4.78, 5) is 28.1. The number of nitrogens with one attached hydrogen (secondary N) is 1. The number of hydrogen-bond acceptors (Lipinski definition) is 3. The monoisotopic (exact) mass is 404 g/mol. The number of amides is 2. The van der Waals surface area contributed by atoms with E-state index in [2.05, 4.69) is 5.32 Å². The van der Waals surface area contributed by atoms with E-state index in [-0.39, 0.29) is 23.6 Å². The number of benzene rings is 2. The van der Waals surface area contributed by atoms with Gasteiger partial charge in [0.05, 0.1) is 5.75 Å². The molecule has 0 unspecified atom stereocenters. The number of carbonyl (C=O) groups excluding carboxylic acids is 2. The molecule has 4 nitrogen and oxygen atoms in total. The van der Waals surface area contributed by atoms with E-state index in [1.54, 1.807) is 17.9 Å². The molecule has 6 heteroatoms. The molecule has 0 aromatic heterocycles. The molecule has 0 aliphatic heterocycles. The Kier molecular flexibility index (Phi) is 8.20. The van der Waals surface area contributed by atoms with E-state index >= 15 is 0 Å². The largest absolute Gasteiger partial charge is 0.352 e. The molecular weight excluding hydrogens is 380 g/mol. The SMILES string of the molecule is CC(C)NC(=O)[C@@H](C)N(Cc1ccccc1Cl)C(=O)CSc1ccccc1. The molecule has 0 aliphatic rings. The zero-order chi connectivity index (χ0) is 19.8. The fraction of sp³-hybridized carbons (Fsp3) is 0.333. The van der Waals surface area contributed by atoms with Crippen LogP contribution < -0.4 is 5.32 Å². The van der Waals surface area contributed by atoms with Gasteiger partial charge in [-0.15, -0.1) is 11.8 Å². The highest BCUT2D eigenvalue weighted by Crippen LogP contribution is 2.22. The first-order valence-electron chi connectivity index (χ1n) is 8.89. The van der Waals surface area contributed by atoms with E-state index in [4.69, 9.17) is 11.6 Å². The number of hydrogen-bond donors (Lipinski definition) is 1. The van der Waals surface area contributed by atoms with E-state index < -0.39 is 6.04 Å². The second-order valence-corrected chi connectivity index (χ2v) is 8.01. The highest BCUT2D eigenvalue weighted by Gasteiger charge is 2.27. The lowest BCUT2D eigenvalue weighted by Gasteiger charge is -2.29. The summed E-state index contributed by atoms with van der Waals surface area (Å²) in [5.41, 5.74) is 0.821. The average molecular weight is 405 g/mol. The van der Waals surface area contributed by atoms with Crippen LogP contribution in [0.3, 0.4) is 0 Å². The summed E-state index contributed by atoms with van der Waals surface area (Å²) >= 11 is 7.73. The molecule has 0 spiro atoms. The van der Waals surface area contributed by atoms with Gasteiger partial charge in [-0.25, -0.2) is 0 Å². The molecule has 27 heavy (non-hydrogen) atoms. The first kappa shape index (κ1) is 21.3. The minimum atomic E-state index is -0.590. The Labute approximate surface area is 170 Å². The second kappa shape index (κ2) is 10.4. The zero-order valence-corrected chi connectivity index (χ0v) is 17.4. The number of nitrogens with zero attached hydrogens (tertiary/aromatic N) is 1. The summed E-state index contributed by atoms with van der Waals surface area (Å²) in [6.07, 6.45) is 0. The third kappa shape index (κ3) is 6.60. The lowest BCUT2D eigenvalue weighted by Crippen LogP contribution is -2.49. The third-order valence-electron chi connectivity index (χ3n) is 4.00. The maximum Gasteiger partial charge on any atom is 0.242 e. The van der Waals surface area contributed by atoms with Crippen LogP contribution in [0.25, 0.3) is 0 Å². The number of carbonyl (C=O) groups is 2. The van der Waals surface area contributed by atoms with Crippen molar-refractivity contribution in [3.63, 3.8) is 0 Å². The van der Waals surface area contributed by atoms with Crippen LogP contribution in [0.2, 0.25) is 5.02 Å². The smallest absolute Gasteiger partial charge is 0.242 e. The molecule has 1 atom stereocenters. The summed E-state index contributed by atoms with van der Waals surface area (Å²) in [7, 11) is 0. The van der Waals surface area contributed by atoms with Crippen LogP contribution in [-0.4, -0.2) is 34.6 Å². The van der Waals surface area contributed by atoms with Crippen molar-refractivity contribution in [3.05, 3.63) is 65.2 Å². The average Bonchev–Trinajstić information content (AvgIpc) is 2.65. The quantitative estimate of drug-likeness (QED) is 0.664. The first-order chi connectivity index (χ1) is 12.9. The van der Waals surface area contributed by atoms with Crippen LogP contribution in [0.4, 0.5) is 0 Å². The van der Waals surface area contributed by atoms with Gasteiger partial charge in [0.15, 0.2) is 0 Å². The van der Waals surface area contributed by atoms with Crippen LogP contribution in [-0.2, 0) is 16.1 Å². The van der Waals surface area contributed by atoms with Crippen LogP contribution in [0.15, 0.2) is 59.5 Å². The molecule has 0 saturated heterocycles. The predicted octanol–water partition coefficient (Wildman–Crippen LogP) is 4.37. The summed E-state index contributed by atoms with van der Waals surface area (Å²) in [6.45, 7) is 5.84. The van der Waals surface area contributed by atoms with Gasteiger partial charge in [0.2, 0.25) is 11.8 Å². The van der Waals surface area contributed by atoms with E-state index in [1.165, 1.54) is 11.8 Å². The minimum Gasteiger partial charge on any atom is -0.352 e. The van der Waals surface area contributed by atoms with Crippen molar-refractivity contribution in [1.82, 2.24) is 10.2 Å². The highest BCUT2D eigenvalue weighted by atomic mass is 35.5. The Hall–Kier alpha value is -1.98. The maximum atomic E-state index is 12.9. The van der Waals surface area contributed by atoms with Crippen molar-refractivity contribution in [2.45, 2.75) is 44.3 Å². The highest BCUT2D eigenvalue weighted by molar-refractivity contribution is 8.00. The van der Waals surface area contributed by atoms with Gasteiger partial charge < -0.3 is 10.2 Å². The zero-order valence-electron chi connectivity index (χ0n) is 15.8. The minimum absolute atomic E-state index is 0.0101. The Bertz CT molecular complexity index is 768. The molecule has 0 saturated carbocycles. The van der Waals surface area contributed by atoms with Crippen molar-refractivity contribution in [2.75, 3.05) is 5.75 Å². The Balaban J connectivity index is 2.15. The molecule has 0 fully saturated rings. The van der Waals surface area contributed by atoms with Crippen molar-refractivity contribution in [3.8, 4) is 0 Å². The van der Waals surface area contributed by atoms with E-state index in [0.29, 0.717) is 11.6 Å². The van der Waals surface area contributed by atoms with Gasteiger partial charge in [-0.2, -0.15) is 0 Å². The molecule has 2 aromatic carbocycles. The molecule has 0 bridgehead atoms. The van der Waals surface area contributed by atoms with Crippen LogP contribution in [0, 0.1) is 0 Å². The van der Waals surface area contributed by atoms with Crippen molar-refractivity contribution in [1.29, 1.82) is 0 Å². The third-order valence-corrected chi connectivity index (χ3v) is 5.37. The predicted molar refractivity (Wildman–Crippen MR) is 112 cm³/mol. The van der Waals surface area contributed by atoms with Gasteiger partial charge in [0.25, 0.3) is 0 Å². The summed E-state index contributed by atoms with van der Waals surface area (Å²) < 4.78 is 0. The maximum absolute atomic E-state index is 12.9. The summed E-state index contributed by atoms with van der Waals surface area (Å²) in [6, 6.07) is 16.5. The van der Waals surface area contributed by atoms with Gasteiger partial charge in [0, 0.05) is 22.5 Å². The molecule has 144 valence electrons. The van der Waals surface area contributed by atoms with Crippen molar-refractivity contribution < 1.29 is 9.59 Å². The van der Waals surface area contributed by atoms with Crippen LogP contribution in [0.1, 0.15) is 26.3 Å². The summed E-state index contributed by atoms with van der Waals surface area (Å²) in [5.74, 6) is -0.0152. The molecule has 0 heterocycles. The Morgan fingerprint density at radius 2 is 1.67 bits per heavy atom. The molecule has 2 amide bonds. The molecule has 2 aromatic rings. The van der Waals surface area contributed by atoms with Crippen LogP contribution >= 0.6 is 23.4 Å². The Morgan fingerprint density at radius 3 is 2.30 bits per heavy atom. The fourth-order valence-corrected chi connectivity index (χ4v) is 3.54. The molecular formula is C21H25ClN2O2S. The van der Waals surface area contributed by atoms with Gasteiger partial charge in [-0.05, 0) is 44.5 Å². The van der Waals surface area contributed by atoms with Crippen molar-refractivity contribution in [2.24, 2.45) is 0 Å². The number of rotatable bonds is 8. The normalized spacial score (nSPS) is 11.9. The first-order valence-corrected chi connectivity index (χ1v) is 10.3. The second-order valence-electron chi connectivity index (χ2n) is 6.55. The standard InChI is InChI=1S/C21H25ClN2O2S/c1-15(2)23-21(26)16(3)24(13-17-9-7-8-12-19(17)22)20(25)14-27-18-10-5-4-6-11-18/h4-12,15-16H,13-14H2,1-3H3,(H,23,26)/t16-/m1/s1. The van der Waals surface area contributed by atoms with Crippen LogP contribution in [0.5, 0.6) is 0 Å². The van der Waals surface area contributed by atoms with Gasteiger partial charge in [0.1, 0.15) is 6.04 Å². The topological polar surface area (TPSA) is 49.4 Å². The summed E-state index contributed by atoms with van der Waals surface area (Å²) in [5, 5.41) is 3.47. The van der Waals surface area contributed by atoms with E-state index in [0.717, 1.165) is 10.5 Å². The Morgan fingerprint density at radius 1 is 1.04 bits per heavy atom. The van der Waals surface area contributed by atoms with Gasteiger partial charge in [-0.3, -0.25) is 9.59 Å². The molecule has 0 radical (unpaired) electrons. The lowest BCUT2D eigenvalue weighted by molar-refractivity contribution is -0.138. The van der Waals surface area contributed by atoms with Crippen molar-refractivity contribution >= 4 is 35.2 Å². The van der Waals surface area contributed by atoms with Gasteiger partial charge >= 0.3 is 0 Å². The fourth-order valence-electron chi connectivity index (χ4n) is 2.54. The number of halogens is 1. The van der Waals surface area contributed by atoms with E-state index in [1.807, 2.05) is 62.4 Å². The molecule has 1 N–H and O–H groups in total. The van der Waals surface area contributed by atoms with E-state index in [9.17, 15) is 9.59 Å². The van der Waals surface area contributed by atoms with Gasteiger partial charge in [-0.1, -0.05) is 48.0 Å².